The van der Waals surface area contributed by atoms with E-state index in [2.05, 4.69) is 0 Å². The highest BCUT2D eigenvalue weighted by atomic mass is 16.5. The van der Waals surface area contributed by atoms with Gasteiger partial charge in [-0.05, 0) is 31.0 Å². The second-order valence-corrected chi connectivity index (χ2v) is 3.74. The lowest BCUT2D eigenvalue weighted by molar-refractivity contribution is -0.116. The average Bonchev–Trinajstić information content (AvgIpc) is 2.34. The van der Waals surface area contributed by atoms with Crippen molar-refractivity contribution in [2.24, 2.45) is 0 Å². The molecule has 0 fully saturated rings. The predicted molar refractivity (Wildman–Crippen MR) is 65.1 cm³/mol. The molecule has 0 radical (unpaired) electrons. The van der Waals surface area contributed by atoms with E-state index in [1.54, 1.807) is 28.3 Å². The molecule has 0 heterocycles. The summed E-state index contributed by atoms with van der Waals surface area (Å²) >= 11 is 0. The fraction of sp³-hybridized carbons (Fsp3) is 0.462. The van der Waals surface area contributed by atoms with E-state index in [0.29, 0.717) is 30.1 Å². The standard InChI is InChI=1S/C13H18O4/c1-9(14)5-6-10-7-11(15-2)13(17-4)12(8-10)16-3/h7-8H,5-6H2,1-4H3. The minimum Gasteiger partial charge on any atom is -0.493 e. The van der Waals surface area contributed by atoms with Crippen molar-refractivity contribution < 1.29 is 19.0 Å². The summed E-state index contributed by atoms with van der Waals surface area (Å²) in [6.45, 7) is 1.58. The molecule has 1 aromatic rings. The van der Waals surface area contributed by atoms with Crippen LogP contribution in [0.4, 0.5) is 0 Å². The van der Waals surface area contributed by atoms with Gasteiger partial charge in [0.2, 0.25) is 5.75 Å². The van der Waals surface area contributed by atoms with Gasteiger partial charge >= 0.3 is 0 Å². The Balaban J connectivity index is 3.04. The number of methoxy groups -OCH3 is 3. The lowest BCUT2D eigenvalue weighted by Gasteiger charge is -2.13. The van der Waals surface area contributed by atoms with Crippen molar-refractivity contribution in [3.63, 3.8) is 0 Å². The monoisotopic (exact) mass is 238 g/mol. The Hall–Kier alpha value is -1.71. The Morgan fingerprint density at radius 2 is 1.59 bits per heavy atom. The molecule has 4 heteroatoms. The molecule has 0 aliphatic carbocycles. The van der Waals surface area contributed by atoms with Crippen molar-refractivity contribution in [1.82, 2.24) is 0 Å². The minimum atomic E-state index is 0.166. The third-order valence-electron chi connectivity index (χ3n) is 2.49. The van der Waals surface area contributed by atoms with Crippen LogP contribution < -0.4 is 14.2 Å². The van der Waals surface area contributed by atoms with E-state index < -0.39 is 0 Å². The largest absolute Gasteiger partial charge is 0.493 e. The maximum absolute atomic E-state index is 11.0. The third kappa shape index (κ3) is 3.37. The number of Topliss-reactive ketones (excluding diaryl/α,β-unsaturated/α-hetero) is 1. The molecule has 1 aromatic carbocycles. The highest BCUT2D eigenvalue weighted by Crippen LogP contribution is 2.38. The highest BCUT2D eigenvalue weighted by Gasteiger charge is 2.13. The Kier molecular flexibility index (Phi) is 4.82. The van der Waals surface area contributed by atoms with Gasteiger partial charge in [-0.25, -0.2) is 0 Å². The van der Waals surface area contributed by atoms with Gasteiger partial charge in [0.25, 0.3) is 0 Å². The van der Waals surface area contributed by atoms with Crippen LogP contribution in [-0.4, -0.2) is 27.1 Å². The predicted octanol–water partition coefficient (Wildman–Crippen LogP) is 2.23. The summed E-state index contributed by atoms with van der Waals surface area (Å²) < 4.78 is 15.7. The number of hydrogen-bond donors (Lipinski definition) is 0. The van der Waals surface area contributed by atoms with Gasteiger partial charge in [-0.15, -0.1) is 0 Å². The summed E-state index contributed by atoms with van der Waals surface area (Å²) in [5.74, 6) is 1.97. The van der Waals surface area contributed by atoms with Gasteiger partial charge in [0.05, 0.1) is 21.3 Å². The molecule has 0 bridgehead atoms. The first kappa shape index (κ1) is 13.4. The van der Waals surface area contributed by atoms with E-state index in [9.17, 15) is 4.79 Å². The first-order valence-corrected chi connectivity index (χ1v) is 5.40. The summed E-state index contributed by atoms with van der Waals surface area (Å²) in [5, 5.41) is 0. The van der Waals surface area contributed by atoms with Gasteiger partial charge in [0, 0.05) is 6.42 Å². The number of carbonyl (C=O) groups excluding carboxylic acids is 1. The third-order valence-corrected chi connectivity index (χ3v) is 2.49. The molecule has 0 amide bonds. The Labute approximate surface area is 101 Å². The number of ether oxygens (including phenoxy) is 3. The molecule has 0 N–H and O–H groups in total. The normalized spacial score (nSPS) is 9.88. The highest BCUT2D eigenvalue weighted by molar-refractivity contribution is 5.75. The molecule has 94 valence electrons. The molecule has 0 aromatic heterocycles. The number of carbonyl (C=O) groups is 1. The lowest BCUT2D eigenvalue weighted by Crippen LogP contribution is -1.99. The Bertz CT molecular complexity index is 373. The maximum Gasteiger partial charge on any atom is 0.203 e. The topological polar surface area (TPSA) is 44.8 Å². The number of benzene rings is 1. The van der Waals surface area contributed by atoms with Gasteiger partial charge < -0.3 is 19.0 Å². The van der Waals surface area contributed by atoms with Gasteiger partial charge in [-0.2, -0.15) is 0 Å². The van der Waals surface area contributed by atoms with E-state index in [0.717, 1.165) is 5.56 Å². The molecular formula is C13H18O4. The number of ketones is 1. The van der Waals surface area contributed by atoms with E-state index >= 15 is 0 Å². The second-order valence-electron chi connectivity index (χ2n) is 3.74. The molecule has 0 aliphatic heterocycles. The van der Waals surface area contributed by atoms with Gasteiger partial charge in [0.1, 0.15) is 5.78 Å². The van der Waals surface area contributed by atoms with Crippen LogP contribution in [0.25, 0.3) is 0 Å². The Morgan fingerprint density at radius 3 is 1.94 bits per heavy atom. The number of aryl methyl sites for hydroxylation is 1. The molecule has 1 rings (SSSR count). The van der Waals surface area contributed by atoms with Crippen LogP contribution in [-0.2, 0) is 11.2 Å². The van der Waals surface area contributed by atoms with Crippen molar-refractivity contribution in [2.75, 3.05) is 21.3 Å². The molecule has 0 saturated carbocycles. The molecular weight excluding hydrogens is 220 g/mol. The van der Waals surface area contributed by atoms with Gasteiger partial charge in [-0.1, -0.05) is 0 Å². The average molecular weight is 238 g/mol. The summed E-state index contributed by atoms with van der Waals surface area (Å²) in [4.78, 5) is 11.0. The first-order valence-electron chi connectivity index (χ1n) is 5.40. The maximum atomic E-state index is 11.0. The van der Waals surface area contributed by atoms with Crippen molar-refractivity contribution in [1.29, 1.82) is 0 Å². The molecule has 0 saturated heterocycles. The van der Waals surface area contributed by atoms with Crippen LogP contribution in [0.15, 0.2) is 12.1 Å². The molecule has 0 spiro atoms. The zero-order chi connectivity index (χ0) is 12.8. The zero-order valence-electron chi connectivity index (χ0n) is 10.7. The molecule has 4 nitrogen and oxygen atoms in total. The number of rotatable bonds is 6. The quantitative estimate of drug-likeness (QED) is 0.762. The van der Waals surface area contributed by atoms with E-state index in [-0.39, 0.29) is 5.78 Å². The van der Waals surface area contributed by atoms with Crippen LogP contribution in [0.2, 0.25) is 0 Å². The van der Waals surface area contributed by atoms with Crippen molar-refractivity contribution in [2.45, 2.75) is 19.8 Å². The summed E-state index contributed by atoms with van der Waals surface area (Å²) in [6, 6.07) is 3.73. The van der Waals surface area contributed by atoms with Crippen LogP contribution in [0.1, 0.15) is 18.9 Å². The van der Waals surface area contributed by atoms with E-state index in [4.69, 9.17) is 14.2 Å². The second kappa shape index (κ2) is 6.13. The fourth-order valence-electron chi connectivity index (χ4n) is 1.60. The van der Waals surface area contributed by atoms with Crippen molar-refractivity contribution >= 4 is 5.78 Å². The van der Waals surface area contributed by atoms with Crippen LogP contribution in [0, 0.1) is 0 Å². The summed E-state index contributed by atoms with van der Waals surface area (Å²) in [5.41, 5.74) is 0.995. The van der Waals surface area contributed by atoms with Crippen LogP contribution >= 0.6 is 0 Å². The smallest absolute Gasteiger partial charge is 0.203 e. The van der Waals surface area contributed by atoms with Crippen LogP contribution in [0.3, 0.4) is 0 Å². The zero-order valence-corrected chi connectivity index (χ0v) is 10.7. The summed E-state index contributed by atoms with van der Waals surface area (Å²) in [7, 11) is 4.72. The van der Waals surface area contributed by atoms with Gasteiger partial charge in [-0.3, -0.25) is 0 Å². The minimum absolute atomic E-state index is 0.166. The lowest BCUT2D eigenvalue weighted by atomic mass is 10.1. The molecule has 0 aliphatic rings. The van der Waals surface area contributed by atoms with Gasteiger partial charge in [0.15, 0.2) is 11.5 Å². The fourth-order valence-corrected chi connectivity index (χ4v) is 1.60. The summed E-state index contributed by atoms with van der Waals surface area (Å²) in [6.07, 6.45) is 1.19. The SMILES string of the molecule is COc1cc(CCC(C)=O)cc(OC)c1OC. The molecule has 0 atom stereocenters. The Morgan fingerprint density at radius 1 is 1.06 bits per heavy atom. The molecule has 0 unspecified atom stereocenters. The first-order chi connectivity index (χ1) is 8.12. The van der Waals surface area contributed by atoms with E-state index in [1.165, 1.54) is 0 Å². The number of hydrogen-bond acceptors (Lipinski definition) is 4. The van der Waals surface area contributed by atoms with Crippen molar-refractivity contribution in [3.8, 4) is 17.2 Å². The van der Waals surface area contributed by atoms with E-state index in [1.807, 2.05) is 12.1 Å². The van der Waals surface area contributed by atoms with Crippen molar-refractivity contribution in [3.05, 3.63) is 17.7 Å². The molecule has 17 heavy (non-hydrogen) atoms. The van der Waals surface area contributed by atoms with Crippen LogP contribution in [0.5, 0.6) is 17.2 Å².